The van der Waals surface area contributed by atoms with Crippen molar-refractivity contribution in [2.75, 3.05) is 6.61 Å². The summed E-state index contributed by atoms with van der Waals surface area (Å²) in [7, 11) is 0. The lowest BCUT2D eigenvalue weighted by Crippen LogP contribution is -2.50. The molecule has 0 spiro atoms. The van der Waals surface area contributed by atoms with Crippen molar-refractivity contribution in [3.05, 3.63) is 35.4 Å². The summed E-state index contributed by atoms with van der Waals surface area (Å²) in [6, 6.07) is 4.38. The van der Waals surface area contributed by atoms with Gasteiger partial charge in [-0.15, -0.1) is 0 Å². The van der Waals surface area contributed by atoms with Crippen LogP contribution in [-0.4, -0.2) is 24.0 Å². The Morgan fingerprint density at radius 1 is 1.17 bits per heavy atom. The molecule has 7 heteroatoms. The highest BCUT2D eigenvalue weighted by Crippen LogP contribution is 2.27. The number of amides is 1. The quantitative estimate of drug-likeness (QED) is 0.864. The van der Waals surface area contributed by atoms with Crippen molar-refractivity contribution >= 4 is 11.9 Å². The first kappa shape index (κ1) is 16.9. The number of esters is 1. The first-order valence-electron chi connectivity index (χ1n) is 7.30. The van der Waals surface area contributed by atoms with E-state index in [0.29, 0.717) is 18.9 Å². The number of benzene rings is 1. The van der Waals surface area contributed by atoms with E-state index in [1.807, 2.05) is 0 Å². The van der Waals surface area contributed by atoms with Crippen molar-refractivity contribution in [1.82, 2.24) is 5.32 Å². The average Bonchev–Trinajstić information content (AvgIpc) is 2.52. The molecular formula is C16H16F2N2O3. The normalized spacial score (nSPS) is 16.2. The zero-order valence-corrected chi connectivity index (χ0v) is 12.4. The summed E-state index contributed by atoms with van der Waals surface area (Å²) in [5, 5.41) is 11.8. The zero-order chi connectivity index (χ0) is 16.9. The molecule has 1 aliphatic rings. The number of rotatable bonds is 4. The molecule has 1 aliphatic carbocycles. The van der Waals surface area contributed by atoms with Gasteiger partial charge in [0.2, 0.25) is 0 Å². The molecule has 0 aromatic heterocycles. The van der Waals surface area contributed by atoms with Crippen LogP contribution in [-0.2, 0) is 9.53 Å². The largest absolute Gasteiger partial charge is 0.452 e. The SMILES string of the molecule is N#CC1(NC(=O)COC(=O)c2cc(F)cc(F)c2)CCCCC1. The fourth-order valence-corrected chi connectivity index (χ4v) is 2.61. The van der Waals surface area contributed by atoms with Crippen LogP contribution in [0.3, 0.4) is 0 Å². The van der Waals surface area contributed by atoms with Gasteiger partial charge in [-0.2, -0.15) is 5.26 Å². The van der Waals surface area contributed by atoms with Gasteiger partial charge in [0.1, 0.15) is 17.2 Å². The lowest BCUT2D eigenvalue weighted by Gasteiger charge is -2.31. The highest BCUT2D eigenvalue weighted by Gasteiger charge is 2.33. The second kappa shape index (κ2) is 7.18. The number of nitriles is 1. The number of ether oxygens (including phenoxy) is 1. The Morgan fingerprint density at radius 3 is 2.35 bits per heavy atom. The van der Waals surface area contributed by atoms with E-state index in [9.17, 15) is 23.6 Å². The van der Waals surface area contributed by atoms with Gasteiger partial charge >= 0.3 is 5.97 Å². The minimum atomic E-state index is -1.01. The standard InChI is InChI=1S/C16H16F2N2O3/c17-12-6-11(7-13(18)8-12)15(22)23-9-14(21)20-16(10-19)4-2-1-3-5-16/h6-8H,1-5,9H2,(H,20,21). The summed E-state index contributed by atoms with van der Waals surface area (Å²) in [6.07, 6.45) is 3.81. The van der Waals surface area contributed by atoms with E-state index >= 15 is 0 Å². The number of halogens is 2. The van der Waals surface area contributed by atoms with Crippen LogP contribution in [0, 0.1) is 23.0 Å². The van der Waals surface area contributed by atoms with Gasteiger partial charge in [0.05, 0.1) is 11.6 Å². The van der Waals surface area contributed by atoms with Crippen molar-refractivity contribution in [2.45, 2.75) is 37.6 Å². The molecule has 0 unspecified atom stereocenters. The van der Waals surface area contributed by atoms with Crippen LogP contribution in [0.1, 0.15) is 42.5 Å². The molecule has 23 heavy (non-hydrogen) atoms. The number of hydrogen-bond acceptors (Lipinski definition) is 4. The lowest BCUT2D eigenvalue weighted by molar-refractivity contribution is -0.125. The number of nitrogens with zero attached hydrogens (tertiary/aromatic N) is 1. The summed E-state index contributed by atoms with van der Waals surface area (Å²) < 4.78 is 30.8. The predicted molar refractivity (Wildman–Crippen MR) is 76.2 cm³/mol. The molecule has 1 N–H and O–H groups in total. The van der Waals surface area contributed by atoms with Crippen LogP contribution >= 0.6 is 0 Å². The minimum absolute atomic E-state index is 0.317. The Labute approximate surface area is 132 Å². The summed E-state index contributed by atoms with van der Waals surface area (Å²) in [6.45, 7) is -0.611. The van der Waals surface area contributed by atoms with Crippen LogP contribution < -0.4 is 5.32 Å². The van der Waals surface area contributed by atoms with E-state index in [1.165, 1.54) is 0 Å². The van der Waals surface area contributed by atoms with Gasteiger partial charge in [0.15, 0.2) is 6.61 Å². The van der Waals surface area contributed by atoms with Gasteiger partial charge in [0.25, 0.3) is 5.91 Å². The molecule has 1 aromatic carbocycles. The smallest absolute Gasteiger partial charge is 0.338 e. The molecular weight excluding hydrogens is 306 g/mol. The van der Waals surface area contributed by atoms with Crippen molar-refractivity contribution in [2.24, 2.45) is 0 Å². The van der Waals surface area contributed by atoms with E-state index in [1.54, 1.807) is 0 Å². The van der Waals surface area contributed by atoms with Crippen LogP contribution in [0.2, 0.25) is 0 Å². The second-order valence-electron chi connectivity index (χ2n) is 5.54. The summed E-state index contributed by atoms with van der Waals surface area (Å²) in [4.78, 5) is 23.6. The Bertz CT molecular complexity index is 629. The molecule has 0 saturated heterocycles. The maximum atomic E-state index is 13.0. The third-order valence-electron chi connectivity index (χ3n) is 3.73. The Kier molecular flexibility index (Phi) is 5.27. The highest BCUT2D eigenvalue weighted by atomic mass is 19.1. The molecule has 0 atom stereocenters. The van der Waals surface area contributed by atoms with E-state index in [4.69, 9.17) is 4.74 Å². The molecule has 2 rings (SSSR count). The topological polar surface area (TPSA) is 79.2 Å². The fraction of sp³-hybridized carbons (Fsp3) is 0.438. The molecule has 1 saturated carbocycles. The Hall–Kier alpha value is -2.49. The van der Waals surface area contributed by atoms with Gasteiger partial charge in [0, 0.05) is 6.07 Å². The maximum absolute atomic E-state index is 13.0. The maximum Gasteiger partial charge on any atom is 0.338 e. The van der Waals surface area contributed by atoms with E-state index in [0.717, 1.165) is 31.4 Å². The van der Waals surface area contributed by atoms with E-state index in [2.05, 4.69) is 11.4 Å². The average molecular weight is 322 g/mol. The van der Waals surface area contributed by atoms with E-state index in [-0.39, 0.29) is 5.56 Å². The van der Waals surface area contributed by atoms with Crippen molar-refractivity contribution in [3.63, 3.8) is 0 Å². The third-order valence-corrected chi connectivity index (χ3v) is 3.73. The van der Waals surface area contributed by atoms with Crippen LogP contribution in [0.4, 0.5) is 8.78 Å². The second-order valence-corrected chi connectivity index (χ2v) is 5.54. The zero-order valence-electron chi connectivity index (χ0n) is 12.4. The first-order valence-corrected chi connectivity index (χ1v) is 7.30. The van der Waals surface area contributed by atoms with Gasteiger partial charge in [-0.05, 0) is 25.0 Å². The first-order chi connectivity index (χ1) is 10.9. The molecule has 122 valence electrons. The number of carbonyl (C=O) groups is 2. The molecule has 1 amide bonds. The number of hydrogen-bond donors (Lipinski definition) is 1. The van der Waals surface area contributed by atoms with Crippen molar-refractivity contribution in [1.29, 1.82) is 5.26 Å². The van der Waals surface area contributed by atoms with Gasteiger partial charge in [-0.25, -0.2) is 13.6 Å². The Morgan fingerprint density at radius 2 is 1.78 bits per heavy atom. The lowest BCUT2D eigenvalue weighted by atomic mass is 9.83. The third kappa shape index (κ3) is 4.49. The minimum Gasteiger partial charge on any atom is -0.452 e. The summed E-state index contributed by atoms with van der Waals surface area (Å²) in [5.41, 5.74) is -1.24. The summed E-state index contributed by atoms with van der Waals surface area (Å²) in [5.74, 6) is -3.44. The van der Waals surface area contributed by atoms with Gasteiger partial charge in [-0.3, -0.25) is 4.79 Å². The molecule has 1 fully saturated rings. The van der Waals surface area contributed by atoms with Crippen molar-refractivity contribution < 1.29 is 23.1 Å². The van der Waals surface area contributed by atoms with Crippen LogP contribution in [0.15, 0.2) is 18.2 Å². The van der Waals surface area contributed by atoms with Crippen LogP contribution in [0.5, 0.6) is 0 Å². The molecule has 0 heterocycles. The highest BCUT2D eigenvalue weighted by molar-refractivity contribution is 5.91. The molecule has 1 aromatic rings. The van der Waals surface area contributed by atoms with E-state index < -0.39 is 35.7 Å². The van der Waals surface area contributed by atoms with Gasteiger partial charge < -0.3 is 10.1 Å². The number of nitrogens with one attached hydrogen (secondary N) is 1. The monoisotopic (exact) mass is 322 g/mol. The van der Waals surface area contributed by atoms with Crippen molar-refractivity contribution in [3.8, 4) is 6.07 Å². The fourth-order valence-electron chi connectivity index (χ4n) is 2.61. The molecule has 0 aliphatic heterocycles. The molecule has 0 bridgehead atoms. The predicted octanol–water partition coefficient (Wildman–Crippen LogP) is 2.46. The Balaban J connectivity index is 1.91. The molecule has 0 radical (unpaired) electrons. The van der Waals surface area contributed by atoms with Crippen LogP contribution in [0.25, 0.3) is 0 Å². The molecule has 5 nitrogen and oxygen atoms in total. The number of carbonyl (C=O) groups excluding carboxylic acids is 2. The summed E-state index contributed by atoms with van der Waals surface area (Å²) >= 11 is 0. The van der Waals surface area contributed by atoms with Gasteiger partial charge in [-0.1, -0.05) is 19.3 Å².